The molecule has 1 aromatic carbocycles. The Morgan fingerprint density at radius 2 is 2.08 bits per heavy atom. The van der Waals surface area contributed by atoms with E-state index in [0.717, 1.165) is 11.1 Å². The van der Waals surface area contributed by atoms with Gasteiger partial charge in [0.2, 0.25) is 5.88 Å². The molecule has 0 atom stereocenters. The van der Waals surface area contributed by atoms with E-state index in [2.05, 4.69) is 9.97 Å². The minimum Gasteiger partial charge on any atom is -0.481 e. The number of carboxylic acids is 1. The van der Waals surface area contributed by atoms with Gasteiger partial charge >= 0.3 is 5.97 Å². The van der Waals surface area contributed by atoms with Gasteiger partial charge in [0.05, 0.1) is 47.2 Å². The predicted octanol–water partition coefficient (Wildman–Crippen LogP) is 3.60. The summed E-state index contributed by atoms with van der Waals surface area (Å²) in [6.45, 7) is 0.599. The zero-order chi connectivity index (χ0) is 18.5. The van der Waals surface area contributed by atoms with Crippen LogP contribution in [0.4, 0.5) is 0 Å². The zero-order valence-electron chi connectivity index (χ0n) is 13.6. The second-order valence-electron chi connectivity index (χ2n) is 5.31. The van der Waals surface area contributed by atoms with Crippen LogP contribution in [0.5, 0.6) is 5.88 Å². The molecule has 9 heteroatoms. The van der Waals surface area contributed by atoms with E-state index in [0.29, 0.717) is 21.4 Å². The standard InChI is InChI=1S/C17H15Cl2N3O4/c18-12-2-1-11-13(22-5-4-20-10-22)9-14(21-17(11)16(12)19)26-8-7-25-6-3-15(23)24/h1-2,4-5,9-10H,3,6-8H2,(H,23,24). The first-order valence-electron chi connectivity index (χ1n) is 7.75. The highest BCUT2D eigenvalue weighted by molar-refractivity contribution is 6.45. The largest absolute Gasteiger partial charge is 0.481 e. The lowest BCUT2D eigenvalue weighted by molar-refractivity contribution is -0.138. The van der Waals surface area contributed by atoms with Crippen LogP contribution in [0.15, 0.2) is 36.9 Å². The summed E-state index contributed by atoms with van der Waals surface area (Å²) in [4.78, 5) is 18.9. The summed E-state index contributed by atoms with van der Waals surface area (Å²) < 4.78 is 12.7. The average Bonchev–Trinajstić information content (AvgIpc) is 3.15. The predicted molar refractivity (Wildman–Crippen MR) is 97.5 cm³/mol. The zero-order valence-corrected chi connectivity index (χ0v) is 15.1. The Kier molecular flexibility index (Phi) is 5.92. The Morgan fingerprint density at radius 1 is 1.23 bits per heavy atom. The molecule has 7 nitrogen and oxygen atoms in total. The lowest BCUT2D eigenvalue weighted by Crippen LogP contribution is -2.10. The van der Waals surface area contributed by atoms with E-state index in [1.807, 2.05) is 10.6 Å². The first-order chi connectivity index (χ1) is 12.6. The molecule has 0 unspecified atom stereocenters. The molecular weight excluding hydrogens is 381 g/mol. The first-order valence-corrected chi connectivity index (χ1v) is 8.51. The van der Waals surface area contributed by atoms with Crippen molar-refractivity contribution < 1.29 is 19.4 Å². The number of imidazole rings is 1. The summed E-state index contributed by atoms with van der Waals surface area (Å²) in [6.07, 6.45) is 5.08. The van der Waals surface area contributed by atoms with Crippen molar-refractivity contribution in [2.24, 2.45) is 0 Å². The second-order valence-corrected chi connectivity index (χ2v) is 6.10. The number of fused-ring (bicyclic) bond motifs is 1. The molecule has 0 saturated heterocycles. The maximum absolute atomic E-state index is 10.4. The van der Waals surface area contributed by atoms with Crippen LogP contribution in [0.3, 0.4) is 0 Å². The van der Waals surface area contributed by atoms with Gasteiger partial charge in [0.1, 0.15) is 6.61 Å². The van der Waals surface area contributed by atoms with E-state index in [9.17, 15) is 4.79 Å². The molecule has 0 aliphatic rings. The summed E-state index contributed by atoms with van der Waals surface area (Å²) >= 11 is 12.4. The van der Waals surface area contributed by atoms with Crippen LogP contribution in [0.1, 0.15) is 6.42 Å². The van der Waals surface area contributed by atoms with Crippen molar-refractivity contribution in [1.82, 2.24) is 14.5 Å². The van der Waals surface area contributed by atoms with Crippen molar-refractivity contribution in [1.29, 1.82) is 0 Å². The second kappa shape index (κ2) is 8.35. The van der Waals surface area contributed by atoms with Gasteiger partial charge in [-0.3, -0.25) is 4.79 Å². The van der Waals surface area contributed by atoms with Gasteiger partial charge in [-0.2, -0.15) is 0 Å². The molecule has 0 aliphatic heterocycles. The van der Waals surface area contributed by atoms with Crippen molar-refractivity contribution in [2.75, 3.05) is 19.8 Å². The molecule has 2 aromatic heterocycles. The minimum atomic E-state index is -0.904. The third-order valence-corrected chi connectivity index (χ3v) is 4.34. The summed E-state index contributed by atoms with van der Waals surface area (Å²) in [6, 6.07) is 5.32. The number of ether oxygens (including phenoxy) is 2. The van der Waals surface area contributed by atoms with Crippen LogP contribution in [-0.2, 0) is 9.53 Å². The first kappa shape index (κ1) is 18.4. The van der Waals surface area contributed by atoms with E-state index in [4.69, 9.17) is 37.8 Å². The number of aromatic nitrogens is 3. The number of rotatable bonds is 8. The number of carbonyl (C=O) groups is 1. The molecule has 136 valence electrons. The van der Waals surface area contributed by atoms with Gasteiger partial charge in [0.25, 0.3) is 0 Å². The Hall–Kier alpha value is -2.35. The number of nitrogens with zero attached hydrogens (tertiary/aromatic N) is 3. The van der Waals surface area contributed by atoms with Gasteiger partial charge in [-0.25, -0.2) is 9.97 Å². The average molecular weight is 396 g/mol. The van der Waals surface area contributed by atoms with E-state index in [1.165, 1.54) is 0 Å². The molecule has 0 aliphatic carbocycles. The Balaban J connectivity index is 1.82. The van der Waals surface area contributed by atoms with Crippen molar-refractivity contribution in [3.05, 3.63) is 47.0 Å². The number of pyridine rings is 1. The van der Waals surface area contributed by atoms with Crippen LogP contribution in [0.2, 0.25) is 10.0 Å². The van der Waals surface area contributed by atoms with Gasteiger partial charge < -0.3 is 19.1 Å². The van der Waals surface area contributed by atoms with Crippen LogP contribution < -0.4 is 4.74 Å². The van der Waals surface area contributed by atoms with E-state index < -0.39 is 5.97 Å². The fraction of sp³-hybridized carbons (Fsp3) is 0.235. The highest BCUT2D eigenvalue weighted by atomic mass is 35.5. The lowest BCUT2D eigenvalue weighted by Gasteiger charge is -2.12. The van der Waals surface area contributed by atoms with Gasteiger partial charge in [-0.05, 0) is 12.1 Å². The fourth-order valence-corrected chi connectivity index (χ4v) is 2.71. The molecule has 26 heavy (non-hydrogen) atoms. The summed E-state index contributed by atoms with van der Waals surface area (Å²) in [7, 11) is 0. The van der Waals surface area contributed by atoms with Crippen molar-refractivity contribution in [3.8, 4) is 11.6 Å². The summed E-state index contributed by atoms with van der Waals surface area (Å²) in [5, 5.41) is 10.1. The van der Waals surface area contributed by atoms with Crippen molar-refractivity contribution in [2.45, 2.75) is 6.42 Å². The molecule has 2 heterocycles. The number of hydrogen-bond donors (Lipinski definition) is 1. The molecule has 1 N–H and O–H groups in total. The molecule has 0 radical (unpaired) electrons. The Labute approximate surface area is 159 Å². The molecular formula is C17H15Cl2N3O4. The van der Waals surface area contributed by atoms with Crippen LogP contribution in [0, 0.1) is 0 Å². The maximum atomic E-state index is 10.4. The topological polar surface area (TPSA) is 86.5 Å². The summed E-state index contributed by atoms with van der Waals surface area (Å²) in [5.41, 5.74) is 1.32. The van der Waals surface area contributed by atoms with Crippen molar-refractivity contribution in [3.63, 3.8) is 0 Å². The molecule has 0 fully saturated rings. The van der Waals surface area contributed by atoms with E-state index in [-0.39, 0.29) is 26.2 Å². The van der Waals surface area contributed by atoms with Crippen LogP contribution >= 0.6 is 23.2 Å². The van der Waals surface area contributed by atoms with Crippen molar-refractivity contribution >= 4 is 40.1 Å². The SMILES string of the molecule is O=C(O)CCOCCOc1cc(-n2ccnc2)c2ccc(Cl)c(Cl)c2n1. The fourth-order valence-electron chi connectivity index (χ4n) is 2.35. The normalized spacial score (nSPS) is 11.0. The Morgan fingerprint density at radius 3 is 2.81 bits per heavy atom. The van der Waals surface area contributed by atoms with Gasteiger partial charge in [0.15, 0.2) is 0 Å². The monoisotopic (exact) mass is 395 g/mol. The third-order valence-electron chi connectivity index (χ3n) is 3.55. The maximum Gasteiger partial charge on any atom is 0.305 e. The molecule has 3 rings (SSSR count). The van der Waals surface area contributed by atoms with Crippen LogP contribution in [0.25, 0.3) is 16.6 Å². The number of carboxylic acid groups (broad SMARTS) is 1. The van der Waals surface area contributed by atoms with E-state index >= 15 is 0 Å². The van der Waals surface area contributed by atoms with Crippen LogP contribution in [-0.4, -0.2) is 45.4 Å². The quantitative estimate of drug-likeness (QED) is 0.586. The smallest absolute Gasteiger partial charge is 0.305 e. The molecule has 0 saturated carbocycles. The minimum absolute atomic E-state index is 0.0485. The number of halogens is 2. The molecule has 3 aromatic rings. The van der Waals surface area contributed by atoms with Gasteiger partial charge in [-0.1, -0.05) is 23.2 Å². The van der Waals surface area contributed by atoms with Gasteiger partial charge in [-0.15, -0.1) is 0 Å². The number of hydrogen-bond acceptors (Lipinski definition) is 5. The molecule has 0 spiro atoms. The molecule has 0 amide bonds. The number of aliphatic carboxylic acids is 1. The molecule has 0 bridgehead atoms. The van der Waals surface area contributed by atoms with Gasteiger partial charge in [0, 0.05) is 23.8 Å². The number of benzene rings is 1. The third kappa shape index (κ3) is 4.24. The highest BCUT2D eigenvalue weighted by Crippen LogP contribution is 2.34. The lowest BCUT2D eigenvalue weighted by atomic mass is 10.2. The van der Waals surface area contributed by atoms with E-state index in [1.54, 1.807) is 30.9 Å². The summed E-state index contributed by atoms with van der Waals surface area (Å²) in [5.74, 6) is -0.550. The highest BCUT2D eigenvalue weighted by Gasteiger charge is 2.13. The Bertz CT molecular complexity index is 916.